The van der Waals surface area contributed by atoms with E-state index in [0.717, 1.165) is 17.5 Å². The first-order chi connectivity index (χ1) is 9.84. The number of aromatic nitrogens is 1. The molecule has 0 bridgehead atoms. The van der Waals surface area contributed by atoms with Crippen molar-refractivity contribution < 1.29 is 4.74 Å². The van der Waals surface area contributed by atoms with Crippen molar-refractivity contribution in [2.24, 2.45) is 0 Å². The Morgan fingerprint density at radius 1 is 1.00 bits per heavy atom. The van der Waals surface area contributed by atoms with Gasteiger partial charge in [0.15, 0.2) is 0 Å². The topological polar surface area (TPSA) is 14.2 Å². The van der Waals surface area contributed by atoms with Crippen LogP contribution >= 0.6 is 15.9 Å². The van der Waals surface area contributed by atoms with Gasteiger partial charge in [-0.3, -0.25) is 0 Å². The molecule has 1 fully saturated rings. The molecular formula is C17H16BrNO. The molecule has 4 rings (SSSR count). The largest absolute Gasteiger partial charge is 0.358 e. The molecule has 0 saturated carbocycles. The van der Waals surface area contributed by atoms with E-state index in [1.807, 2.05) is 0 Å². The lowest BCUT2D eigenvalue weighted by atomic mass is 10.2. The van der Waals surface area contributed by atoms with Crippen LogP contribution in [0.25, 0.3) is 21.8 Å². The lowest BCUT2D eigenvalue weighted by Crippen LogP contribution is -2.17. The van der Waals surface area contributed by atoms with Gasteiger partial charge in [-0.15, -0.1) is 0 Å². The first kappa shape index (κ1) is 12.4. The standard InChI is InChI=1S/C17H16BrNO/c18-12-8-9-16-14(11-12)13-5-1-2-6-15(13)19(16)17-7-3-4-10-20-17/h1-2,5-6,8-9,11,17H,3-4,7,10H2. The lowest BCUT2D eigenvalue weighted by Gasteiger charge is -2.25. The summed E-state index contributed by atoms with van der Waals surface area (Å²) in [5, 5.41) is 2.60. The zero-order valence-corrected chi connectivity index (χ0v) is 12.8. The molecular weight excluding hydrogens is 314 g/mol. The summed E-state index contributed by atoms with van der Waals surface area (Å²) < 4.78 is 9.51. The Morgan fingerprint density at radius 3 is 2.70 bits per heavy atom. The molecule has 20 heavy (non-hydrogen) atoms. The predicted molar refractivity (Wildman–Crippen MR) is 86.0 cm³/mol. The maximum absolute atomic E-state index is 6.02. The van der Waals surface area contributed by atoms with Crippen LogP contribution in [-0.2, 0) is 4.74 Å². The maximum Gasteiger partial charge on any atom is 0.134 e. The number of fused-ring (bicyclic) bond motifs is 3. The minimum Gasteiger partial charge on any atom is -0.358 e. The molecule has 2 nitrogen and oxygen atoms in total. The number of para-hydroxylation sites is 1. The van der Waals surface area contributed by atoms with E-state index in [-0.39, 0.29) is 6.23 Å². The quantitative estimate of drug-likeness (QED) is 0.594. The number of benzene rings is 2. The predicted octanol–water partition coefficient (Wildman–Crippen LogP) is 5.26. The minimum absolute atomic E-state index is 0.173. The summed E-state index contributed by atoms with van der Waals surface area (Å²) in [6.07, 6.45) is 3.70. The van der Waals surface area contributed by atoms with E-state index in [0.29, 0.717) is 0 Å². The molecule has 2 aromatic carbocycles. The van der Waals surface area contributed by atoms with Crippen molar-refractivity contribution in [3.8, 4) is 0 Å². The second-order valence-corrected chi connectivity index (χ2v) is 6.29. The second-order valence-electron chi connectivity index (χ2n) is 5.37. The smallest absolute Gasteiger partial charge is 0.134 e. The number of halogens is 1. The monoisotopic (exact) mass is 329 g/mol. The Morgan fingerprint density at radius 2 is 1.85 bits per heavy atom. The number of rotatable bonds is 1. The molecule has 1 saturated heterocycles. The summed E-state index contributed by atoms with van der Waals surface area (Å²) in [5.41, 5.74) is 2.54. The Kier molecular flexibility index (Phi) is 3.04. The van der Waals surface area contributed by atoms with E-state index in [4.69, 9.17) is 4.74 Å². The molecule has 0 aliphatic carbocycles. The van der Waals surface area contributed by atoms with Crippen LogP contribution in [0.3, 0.4) is 0 Å². The van der Waals surface area contributed by atoms with Gasteiger partial charge in [0.25, 0.3) is 0 Å². The average Bonchev–Trinajstić information content (AvgIpc) is 2.82. The number of ether oxygens (including phenoxy) is 1. The van der Waals surface area contributed by atoms with E-state index in [1.54, 1.807) is 0 Å². The lowest BCUT2D eigenvalue weighted by molar-refractivity contribution is -0.0267. The van der Waals surface area contributed by atoms with Gasteiger partial charge in [-0.1, -0.05) is 34.1 Å². The number of hydrogen-bond donors (Lipinski definition) is 0. The van der Waals surface area contributed by atoms with Crippen LogP contribution in [0.4, 0.5) is 0 Å². The van der Waals surface area contributed by atoms with Gasteiger partial charge in [-0.05, 0) is 43.5 Å². The molecule has 1 aliphatic heterocycles. The maximum atomic E-state index is 6.02. The zero-order chi connectivity index (χ0) is 13.5. The zero-order valence-electron chi connectivity index (χ0n) is 11.2. The molecule has 2 heterocycles. The van der Waals surface area contributed by atoms with Crippen LogP contribution in [-0.4, -0.2) is 11.2 Å². The molecule has 0 amide bonds. The van der Waals surface area contributed by atoms with Crippen LogP contribution in [0.1, 0.15) is 25.5 Å². The van der Waals surface area contributed by atoms with Crippen molar-refractivity contribution in [2.45, 2.75) is 25.5 Å². The summed E-state index contributed by atoms with van der Waals surface area (Å²) in [4.78, 5) is 0. The van der Waals surface area contributed by atoms with Crippen molar-refractivity contribution in [1.29, 1.82) is 0 Å². The van der Waals surface area contributed by atoms with Crippen LogP contribution in [0.2, 0.25) is 0 Å². The molecule has 0 radical (unpaired) electrons. The van der Waals surface area contributed by atoms with Crippen LogP contribution in [0.5, 0.6) is 0 Å². The third-order valence-corrected chi connectivity index (χ3v) is 4.61. The van der Waals surface area contributed by atoms with Gasteiger partial charge in [-0.2, -0.15) is 0 Å². The fourth-order valence-corrected chi connectivity index (χ4v) is 3.57. The molecule has 1 aliphatic rings. The summed E-state index contributed by atoms with van der Waals surface area (Å²) in [7, 11) is 0. The van der Waals surface area contributed by atoms with Gasteiger partial charge in [0.1, 0.15) is 6.23 Å². The van der Waals surface area contributed by atoms with Crippen molar-refractivity contribution in [3.05, 3.63) is 46.9 Å². The normalized spacial score (nSPS) is 19.8. The van der Waals surface area contributed by atoms with E-state index in [9.17, 15) is 0 Å². The average molecular weight is 330 g/mol. The van der Waals surface area contributed by atoms with Crippen LogP contribution in [0.15, 0.2) is 46.9 Å². The first-order valence-corrected chi connectivity index (χ1v) is 7.94. The van der Waals surface area contributed by atoms with Gasteiger partial charge >= 0.3 is 0 Å². The Balaban J connectivity index is 2.05. The summed E-state index contributed by atoms with van der Waals surface area (Å²) in [6.45, 7) is 0.870. The van der Waals surface area contributed by atoms with E-state index >= 15 is 0 Å². The fourth-order valence-electron chi connectivity index (χ4n) is 3.21. The third-order valence-electron chi connectivity index (χ3n) is 4.12. The van der Waals surface area contributed by atoms with E-state index in [1.165, 1.54) is 34.6 Å². The molecule has 3 aromatic rings. The van der Waals surface area contributed by atoms with Crippen molar-refractivity contribution >= 4 is 37.7 Å². The summed E-state index contributed by atoms with van der Waals surface area (Å²) in [6, 6.07) is 15.1. The fraction of sp³-hybridized carbons (Fsp3) is 0.294. The number of nitrogens with zero attached hydrogens (tertiary/aromatic N) is 1. The summed E-state index contributed by atoms with van der Waals surface area (Å²) >= 11 is 3.58. The van der Waals surface area contributed by atoms with Crippen molar-refractivity contribution in [3.63, 3.8) is 0 Å². The highest BCUT2D eigenvalue weighted by atomic mass is 79.9. The van der Waals surface area contributed by atoms with E-state index < -0.39 is 0 Å². The minimum atomic E-state index is 0.173. The molecule has 102 valence electrons. The van der Waals surface area contributed by atoms with Crippen LogP contribution < -0.4 is 0 Å². The van der Waals surface area contributed by atoms with Gasteiger partial charge in [0.2, 0.25) is 0 Å². The molecule has 1 atom stereocenters. The highest BCUT2D eigenvalue weighted by Crippen LogP contribution is 2.36. The van der Waals surface area contributed by atoms with E-state index in [2.05, 4.69) is 63.0 Å². The Bertz CT molecular complexity index is 771. The second kappa shape index (κ2) is 4.90. The highest BCUT2D eigenvalue weighted by Gasteiger charge is 2.20. The molecule has 3 heteroatoms. The molecule has 1 aromatic heterocycles. The number of hydrogen-bond acceptors (Lipinski definition) is 1. The first-order valence-electron chi connectivity index (χ1n) is 7.14. The third kappa shape index (κ3) is 1.88. The van der Waals surface area contributed by atoms with Gasteiger partial charge in [0, 0.05) is 21.9 Å². The molecule has 1 unspecified atom stereocenters. The SMILES string of the molecule is Brc1ccc2c(c1)c1ccccc1n2C1CCCCO1. The highest BCUT2D eigenvalue weighted by molar-refractivity contribution is 9.10. The molecule has 0 N–H and O–H groups in total. The van der Waals surface area contributed by atoms with Gasteiger partial charge in [0.05, 0.1) is 11.0 Å². The van der Waals surface area contributed by atoms with Crippen LogP contribution in [0, 0.1) is 0 Å². The van der Waals surface area contributed by atoms with Crippen molar-refractivity contribution in [1.82, 2.24) is 4.57 Å². The van der Waals surface area contributed by atoms with Crippen molar-refractivity contribution in [2.75, 3.05) is 6.61 Å². The summed E-state index contributed by atoms with van der Waals surface area (Å²) in [5.74, 6) is 0. The molecule has 0 spiro atoms. The van der Waals surface area contributed by atoms with Gasteiger partial charge in [-0.25, -0.2) is 0 Å². The van der Waals surface area contributed by atoms with Gasteiger partial charge < -0.3 is 9.30 Å². The Hall–Kier alpha value is -1.32. The Labute approximate surface area is 126 Å².